The third-order valence-electron chi connectivity index (χ3n) is 2.97. The van der Waals surface area contributed by atoms with Crippen LogP contribution in [0.15, 0.2) is 30.3 Å². The van der Waals surface area contributed by atoms with Crippen molar-refractivity contribution >= 4 is 0 Å². The normalized spacial score (nSPS) is 17.7. The Balaban J connectivity index is 1.78. The van der Waals surface area contributed by atoms with Crippen LogP contribution >= 0.6 is 0 Å². The van der Waals surface area contributed by atoms with Gasteiger partial charge in [0.25, 0.3) is 0 Å². The highest BCUT2D eigenvalue weighted by Crippen LogP contribution is 2.19. The smallest absolute Gasteiger partial charge is 0.00683 e. The van der Waals surface area contributed by atoms with Crippen molar-refractivity contribution in [3.05, 3.63) is 35.9 Å². The average Bonchev–Trinajstić information content (AvgIpc) is 3.09. The van der Waals surface area contributed by atoms with E-state index in [4.69, 9.17) is 5.73 Å². The molecule has 1 aliphatic carbocycles. The van der Waals surface area contributed by atoms with Gasteiger partial charge in [0.05, 0.1) is 0 Å². The third-order valence-corrected chi connectivity index (χ3v) is 2.97. The van der Waals surface area contributed by atoms with E-state index in [2.05, 4.69) is 35.6 Å². The largest absolute Gasteiger partial charge is 0.330 e. The summed E-state index contributed by atoms with van der Waals surface area (Å²) in [5.41, 5.74) is 7.18. The molecule has 2 heteroatoms. The Morgan fingerprint density at radius 2 is 2.00 bits per heavy atom. The van der Waals surface area contributed by atoms with Crippen LogP contribution in [-0.2, 0) is 6.42 Å². The molecule has 0 saturated heterocycles. The van der Waals surface area contributed by atoms with Crippen molar-refractivity contribution in [1.82, 2.24) is 5.32 Å². The van der Waals surface area contributed by atoms with E-state index in [1.54, 1.807) is 0 Å². The van der Waals surface area contributed by atoms with Crippen LogP contribution in [0.25, 0.3) is 0 Å². The summed E-state index contributed by atoms with van der Waals surface area (Å²) in [6.45, 7) is 1.84. The van der Waals surface area contributed by atoms with Gasteiger partial charge < -0.3 is 11.1 Å². The van der Waals surface area contributed by atoms with Gasteiger partial charge in [0, 0.05) is 6.04 Å². The Labute approximate surface area is 91.9 Å². The first-order valence-corrected chi connectivity index (χ1v) is 5.86. The highest BCUT2D eigenvalue weighted by Gasteiger charge is 2.21. The first-order valence-electron chi connectivity index (χ1n) is 5.86. The van der Waals surface area contributed by atoms with Crippen LogP contribution in [0.5, 0.6) is 0 Å². The monoisotopic (exact) mass is 204 g/mol. The van der Waals surface area contributed by atoms with E-state index >= 15 is 0 Å². The van der Waals surface area contributed by atoms with Gasteiger partial charge in [-0.05, 0) is 43.8 Å². The van der Waals surface area contributed by atoms with Crippen molar-refractivity contribution < 1.29 is 0 Å². The molecule has 0 bridgehead atoms. The average molecular weight is 204 g/mol. The fourth-order valence-electron chi connectivity index (χ4n) is 1.81. The minimum Gasteiger partial charge on any atom is -0.330 e. The Morgan fingerprint density at radius 1 is 1.27 bits per heavy atom. The Kier molecular flexibility index (Phi) is 3.75. The Morgan fingerprint density at radius 3 is 2.60 bits per heavy atom. The van der Waals surface area contributed by atoms with E-state index in [-0.39, 0.29) is 0 Å². The second-order valence-corrected chi connectivity index (χ2v) is 4.47. The first kappa shape index (κ1) is 10.7. The Bertz CT molecular complexity index is 280. The van der Waals surface area contributed by atoms with Gasteiger partial charge in [-0.1, -0.05) is 30.3 Å². The zero-order chi connectivity index (χ0) is 10.5. The van der Waals surface area contributed by atoms with Crippen LogP contribution in [0.1, 0.15) is 18.4 Å². The molecule has 1 saturated carbocycles. The molecule has 1 atom stereocenters. The molecule has 1 aromatic carbocycles. The molecule has 0 radical (unpaired) electrons. The van der Waals surface area contributed by atoms with Crippen molar-refractivity contribution in [3.8, 4) is 0 Å². The summed E-state index contributed by atoms with van der Waals surface area (Å²) in [6.07, 6.45) is 3.79. The molecule has 1 aliphatic rings. The summed E-state index contributed by atoms with van der Waals surface area (Å²) >= 11 is 0. The molecule has 15 heavy (non-hydrogen) atoms. The molecule has 1 fully saturated rings. The molecule has 2 rings (SSSR count). The van der Waals surface area contributed by atoms with Crippen molar-refractivity contribution in [3.63, 3.8) is 0 Å². The second kappa shape index (κ2) is 5.29. The van der Waals surface area contributed by atoms with Crippen LogP contribution in [0, 0.1) is 5.92 Å². The van der Waals surface area contributed by atoms with E-state index in [0.717, 1.165) is 25.6 Å². The minimum absolute atomic E-state index is 0.577. The first-order chi connectivity index (χ1) is 7.38. The quantitative estimate of drug-likeness (QED) is 0.738. The molecular formula is C13H20N2. The topological polar surface area (TPSA) is 38.0 Å². The molecule has 82 valence electrons. The van der Waals surface area contributed by atoms with E-state index in [9.17, 15) is 0 Å². The van der Waals surface area contributed by atoms with Crippen molar-refractivity contribution in [2.45, 2.75) is 25.3 Å². The van der Waals surface area contributed by atoms with E-state index < -0.39 is 0 Å². The molecule has 0 aliphatic heterocycles. The number of nitrogens with two attached hydrogens (primary N) is 1. The van der Waals surface area contributed by atoms with Crippen LogP contribution in [-0.4, -0.2) is 19.1 Å². The lowest BCUT2D eigenvalue weighted by molar-refractivity contribution is 0.480. The summed E-state index contributed by atoms with van der Waals surface area (Å²) in [5, 5.41) is 3.55. The maximum atomic E-state index is 5.79. The molecule has 0 heterocycles. The highest BCUT2D eigenvalue weighted by molar-refractivity contribution is 5.15. The number of rotatable bonds is 6. The lowest BCUT2D eigenvalue weighted by Gasteiger charge is -2.15. The molecule has 0 spiro atoms. The van der Waals surface area contributed by atoms with Gasteiger partial charge in [-0.3, -0.25) is 0 Å². The molecule has 0 amide bonds. The Hall–Kier alpha value is -0.860. The van der Waals surface area contributed by atoms with Crippen LogP contribution in [0.3, 0.4) is 0 Å². The second-order valence-electron chi connectivity index (χ2n) is 4.47. The van der Waals surface area contributed by atoms with Crippen molar-refractivity contribution in [1.29, 1.82) is 0 Å². The van der Waals surface area contributed by atoms with E-state index in [1.807, 2.05) is 0 Å². The van der Waals surface area contributed by atoms with E-state index in [0.29, 0.717) is 5.92 Å². The van der Waals surface area contributed by atoms with Crippen LogP contribution in [0.2, 0.25) is 0 Å². The van der Waals surface area contributed by atoms with Crippen LogP contribution in [0.4, 0.5) is 0 Å². The fraction of sp³-hybridized carbons (Fsp3) is 0.538. The summed E-state index contributed by atoms with van der Waals surface area (Å²) in [4.78, 5) is 0. The van der Waals surface area contributed by atoms with E-state index in [1.165, 1.54) is 18.4 Å². The van der Waals surface area contributed by atoms with Gasteiger partial charge in [0.1, 0.15) is 0 Å². The molecule has 1 unspecified atom stereocenters. The predicted octanol–water partition coefficient (Wildman–Crippen LogP) is 1.56. The molecule has 1 aromatic rings. The molecule has 2 nitrogen and oxygen atoms in total. The zero-order valence-corrected chi connectivity index (χ0v) is 9.15. The number of hydrogen-bond acceptors (Lipinski definition) is 2. The fourth-order valence-corrected chi connectivity index (χ4v) is 1.81. The molecule has 3 N–H and O–H groups in total. The minimum atomic E-state index is 0.577. The summed E-state index contributed by atoms with van der Waals surface area (Å²) in [6, 6.07) is 11.4. The third kappa shape index (κ3) is 3.65. The number of nitrogens with one attached hydrogen (secondary N) is 1. The molecular weight excluding hydrogens is 184 g/mol. The van der Waals surface area contributed by atoms with Gasteiger partial charge in [0.15, 0.2) is 0 Å². The standard InChI is InChI=1S/C13H20N2/c14-9-12(10-15-13-6-7-13)8-11-4-2-1-3-5-11/h1-5,12-13,15H,6-10,14H2. The summed E-state index contributed by atoms with van der Waals surface area (Å²) in [5.74, 6) is 0.577. The van der Waals surface area contributed by atoms with Crippen molar-refractivity contribution in [2.24, 2.45) is 11.7 Å². The summed E-state index contributed by atoms with van der Waals surface area (Å²) < 4.78 is 0. The lowest BCUT2D eigenvalue weighted by Crippen LogP contribution is -2.30. The summed E-state index contributed by atoms with van der Waals surface area (Å²) in [7, 11) is 0. The lowest BCUT2D eigenvalue weighted by atomic mass is 9.99. The maximum absolute atomic E-state index is 5.79. The maximum Gasteiger partial charge on any atom is 0.00683 e. The highest BCUT2D eigenvalue weighted by atomic mass is 14.9. The zero-order valence-electron chi connectivity index (χ0n) is 9.15. The van der Waals surface area contributed by atoms with Crippen molar-refractivity contribution in [2.75, 3.05) is 13.1 Å². The van der Waals surface area contributed by atoms with Gasteiger partial charge in [-0.25, -0.2) is 0 Å². The predicted molar refractivity (Wildman–Crippen MR) is 63.7 cm³/mol. The van der Waals surface area contributed by atoms with Gasteiger partial charge in [-0.15, -0.1) is 0 Å². The number of benzene rings is 1. The van der Waals surface area contributed by atoms with Gasteiger partial charge >= 0.3 is 0 Å². The number of hydrogen-bond donors (Lipinski definition) is 2. The molecule has 0 aromatic heterocycles. The van der Waals surface area contributed by atoms with Gasteiger partial charge in [0.2, 0.25) is 0 Å². The van der Waals surface area contributed by atoms with Gasteiger partial charge in [-0.2, -0.15) is 0 Å². The SMILES string of the molecule is NCC(CNC1CC1)Cc1ccccc1. The van der Waals surface area contributed by atoms with Crippen LogP contribution < -0.4 is 11.1 Å².